The quantitative estimate of drug-likeness (QED) is 0.513. The second-order valence-corrected chi connectivity index (χ2v) is 7.02. The molecule has 0 aliphatic carbocycles. The molecule has 0 atom stereocenters. The summed E-state index contributed by atoms with van der Waals surface area (Å²) in [5, 5.41) is 10.4. The van der Waals surface area contributed by atoms with Crippen LogP contribution in [0, 0.1) is 0 Å². The largest absolute Gasteiger partial charge is 0.334 e. The van der Waals surface area contributed by atoms with Crippen LogP contribution in [0.5, 0.6) is 0 Å². The molecule has 2 amide bonds. The van der Waals surface area contributed by atoms with Crippen LogP contribution in [0.2, 0.25) is 0 Å². The van der Waals surface area contributed by atoms with E-state index in [1.165, 1.54) is 0 Å². The molecule has 150 valence electrons. The first kappa shape index (κ1) is 19.4. The van der Waals surface area contributed by atoms with E-state index in [2.05, 4.69) is 26.8 Å². The number of hydrogen-bond donors (Lipinski definition) is 2. The fraction of sp³-hybridized carbons (Fsp3) is 0.125. The van der Waals surface area contributed by atoms with Gasteiger partial charge in [0.2, 0.25) is 0 Å². The third-order valence-corrected chi connectivity index (χ3v) is 4.77. The normalized spacial score (nSPS) is 10.6. The van der Waals surface area contributed by atoms with Crippen LogP contribution in [0.3, 0.4) is 0 Å². The van der Waals surface area contributed by atoms with Crippen molar-refractivity contribution in [1.29, 1.82) is 0 Å². The molecule has 4 rings (SSSR count). The van der Waals surface area contributed by atoms with Gasteiger partial charge < -0.3 is 10.6 Å². The van der Waals surface area contributed by atoms with E-state index in [0.717, 1.165) is 33.5 Å². The first-order chi connectivity index (χ1) is 14.7. The van der Waals surface area contributed by atoms with Crippen molar-refractivity contribution >= 4 is 6.03 Å². The first-order valence-electron chi connectivity index (χ1n) is 9.78. The smallest absolute Gasteiger partial charge is 0.315 e. The van der Waals surface area contributed by atoms with Gasteiger partial charge >= 0.3 is 6.03 Å². The fourth-order valence-corrected chi connectivity index (χ4v) is 3.32. The molecule has 0 spiro atoms. The van der Waals surface area contributed by atoms with Gasteiger partial charge in [0.25, 0.3) is 0 Å². The highest BCUT2D eigenvalue weighted by molar-refractivity contribution is 5.74. The molecule has 0 saturated carbocycles. The van der Waals surface area contributed by atoms with Crippen LogP contribution in [0.4, 0.5) is 4.79 Å². The summed E-state index contributed by atoms with van der Waals surface area (Å²) in [6, 6.07) is 21.8. The van der Waals surface area contributed by atoms with E-state index >= 15 is 0 Å². The number of urea groups is 1. The van der Waals surface area contributed by atoms with Crippen LogP contribution in [0.1, 0.15) is 11.1 Å². The Hall–Kier alpha value is -3.93. The lowest BCUT2D eigenvalue weighted by molar-refractivity contribution is 0.240. The van der Waals surface area contributed by atoms with Crippen LogP contribution in [0.15, 0.2) is 85.3 Å². The number of amides is 2. The number of carbonyl (C=O) groups excluding carboxylic acids is 1. The summed E-state index contributed by atoms with van der Waals surface area (Å²) >= 11 is 0. The number of carbonyl (C=O) groups is 1. The molecule has 0 unspecified atom stereocenters. The molecule has 2 N–H and O–H groups in total. The number of benzene rings is 2. The summed E-state index contributed by atoms with van der Waals surface area (Å²) in [7, 11) is 1.88. The van der Waals surface area contributed by atoms with E-state index in [9.17, 15) is 4.79 Å². The molecule has 6 heteroatoms. The summed E-state index contributed by atoms with van der Waals surface area (Å²) in [4.78, 5) is 16.5. The van der Waals surface area contributed by atoms with Gasteiger partial charge in [-0.05, 0) is 28.8 Å². The lowest BCUT2D eigenvalue weighted by Crippen LogP contribution is -2.34. The third-order valence-electron chi connectivity index (χ3n) is 4.77. The van der Waals surface area contributed by atoms with E-state index in [1.807, 2.05) is 80.1 Å². The van der Waals surface area contributed by atoms with Crippen molar-refractivity contribution in [2.45, 2.75) is 13.1 Å². The maximum absolute atomic E-state index is 12.3. The van der Waals surface area contributed by atoms with Crippen molar-refractivity contribution in [2.24, 2.45) is 7.05 Å². The van der Waals surface area contributed by atoms with Gasteiger partial charge in [0.15, 0.2) is 0 Å². The molecular formula is C24H23N5O. The molecule has 0 radical (unpaired) electrons. The zero-order chi connectivity index (χ0) is 20.8. The van der Waals surface area contributed by atoms with E-state index < -0.39 is 0 Å². The molecule has 0 fully saturated rings. The van der Waals surface area contributed by atoms with Crippen LogP contribution in [-0.2, 0) is 20.1 Å². The summed E-state index contributed by atoms with van der Waals surface area (Å²) in [6.07, 6.45) is 5.52. The van der Waals surface area contributed by atoms with Crippen LogP contribution in [-0.4, -0.2) is 20.8 Å². The molecule has 0 aliphatic heterocycles. The lowest BCUT2D eigenvalue weighted by atomic mass is 10.0. The molecule has 2 heterocycles. The molecule has 0 aliphatic rings. The summed E-state index contributed by atoms with van der Waals surface area (Å²) < 4.78 is 1.77. The number of pyridine rings is 1. The Morgan fingerprint density at radius 1 is 0.900 bits per heavy atom. The van der Waals surface area contributed by atoms with E-state index in [0.29, 0.717) is 13.1 Å². The predicted molar refractivity (Wildman–Crippen MR) is 117 cm³/mol. The minimum Gasteiger partial charge on any atom is -0.334 e. The van der Waals surface area contributed by atoms with Gasteiger partial charge in [-0.1, -0.05) is 54.6 Å². The van der Waals surface area contributed by atoms with Crippen molar-refractivity contribution in [3.63, 3.8) is 0 Å². The number of aromatic nitrogens is 3. The molecule has 30 heavy (non-hydrogen) atoms. The zero-order valence-corrected chi connectivity index (χ0v) is 16.7. The predicted octanol–water partition coefficient (Wildman–Crippen LogP) is 4.15. The molecule has 0 saturated heterocycles. The van der Waals surface area contributed by atoms with Gasteiger partial charge in [0.05, 0.1) is 5.69 Å². The molecule has 4 aromatic rings. The fourth-order valence-electron chi connectivity index (χ4n) is 3.32. The van der Waals surface area contributed by atoms with Gasteiger partial charge in [0, 0.05) is 49.9 Å². The Labute approximate surface area is 175 Å². The van der Waals surface area contributed by atoms with Crippen LogP contribution >= 0.6 is 0 Å². The number of rotatable bonds is 6. The Bertz CT molecular complexity index is 1120. The van der Waals surface area contributed by atoms with Gasteiger partial charge in [-0.15, -0.1) is 0 Å². The minimum absolute atomic E-state index is 0.218. The lowest BCUT2D eigenvalue weighted by Gasteiger charge is -2.09. The van der Waals surface area contributed by atoms with Gasteiger partial charge in [0.1, 0.15) is 0 Å². The highest BCUT2D eigenvalue weighted by Gasteiger charge is 2.11. The Balaban J connectivity index is 1.36. The van der Waals surface area contributed by atoms with Crippen molar-refractivity contribution in [3.05, 3.63) is 96.4 Å². The van der Waals surface area contributed by atoms with Crippen molar-refractivity contribution in [2.75, 3.05) is 0 Å². The Morgan fingerprint density at radius 3 is 2.47 bits per heavy atom. The number of nitrogens with zero attached hydrogens (tertiary/aromatic N) is 3. The SMILES string of the molecule is Cn1cc(CNC(=O)NCc2cccc(-c3cccnc3)c2)c(-c2ccccc2)n1. The van der Waals surface area contributed by atoms with Crippen molar-refractivity contribution in [1.82, 2.24) is 25.4 Å². The standard InChI is InChI=1S/C24H23N5O/c1-29-17-22(23(28-29)19-8-3-2-4-9-19)16-27-24(30)26-14-18-7-5-10-20(13-18)21-11-6-12-25-15-21/h2-13,15,17H,14,16H2,1H3,(H2,26,27,30). The first-order valence-corrected chi connectivity index (χ1v) is 9.78. The second-order valence-electron chi connectivity index (χ2n) is 7.02. The number of hydrogen-bond acceptors (Lipinski definition) is 3. The second kappa shape index (κ2) is 9.05. The number of aryl methyl sites for hydroxylation is 1. The molecule has 2 aromatic carbocycles. The van der Waals surface area contributed by atoms with Gasteiger partial charge in [-0.2, -0.15) is 5.10 Å². The highest BCUT2D eigenvalue weighted by atomic mass is 16.2. The highest BCUT2D eigenvalue weighted by Crippen LogP contribution is 2.21. The summed E-state index contributed by atoms with van der Waals surface area (Å²) in [5.74, 6) is 0. The van der Waals surface area contributed by atoms with Crippen molar-refractivity contribution < 1.29 is 4.79 Å². The number of nitrogens with one attached hydrogen (secondary N) is 2. The molecule has 2 aromatic heterocycles. The molecule has 0 bridgehead atoms. The van der Waals surface area contributed by atoms with Crippen LogP contribution < -0.4 is 10.6 Å². The van der Waals surface area contributed by atoms with Gasteiger partial charge in [-0.3, -0.25) is 9.67 Å². The maximum Gasteiger partial charge on any atom is 0.315 e. The summed E-state index contributed by atoms with van der Waals surface area (Å²) in [6.45, 7) is 0.845. The average Bonchev–Trinajstić information content (AvgIpc) is 3.18. The maximum atomic E-state index is 12.3. The molecule has 6 nitrogen and oxygen atoms in total. The Morgan fingerprint density at radius 2 is 1.67 bits per heavy atom. The van der Waals surface area contributed by atoms with Gasteiger partial charge in [-0.25, -0.2) is 4.79 Å². The molecular weight excluding hydrogens is 374 g/mol. The van der Waals surface area contributed by atoms with E-state index in [1.54, 1.807) is 10.9 Å². The summed E-state index contributed by atoms with van der Waals surface area (Å²) in [5.41, 5.74) is 6.03. The van der Waals surface area contributed by atoms with Crippen molar-refractivity contribution in [3.8, 4) is 22.4 Å². The minimum atomic E-state index is -0.218. The third kappa shape index (κ3) is 4.72. The zero-order valence-electron chi connectivity index (χ0n) is 16.7. The van der Waals surface area contributed by atoms with E-state index in [-0.39, 0.29) is 6.03 Å². The topological polar surface area (TPSA) is 71.8 Å². The Kier molecular flexibility index (Phi) is 5.85. The van der Waals surface area contributed by atoms with Crippen LogP contribution in [0.25, 0.3) is 22.4 Å². The monoisotopic (exact) mass is 397 g/mol. The average molecular weight is 397 g/mol. The van der Waals surface area contributed by atoms with E-state index in [4.69, 9.17) is 0 Å².